The largest absolute Gasteiger partial charge is 0.465 e. The average molecular weight is 243 g/mol. The summed E-state index contributed by atoms with van der Waals surface area (Å²) in [5, 5.41) is 0. The van der Waals surface area contributed by atoms with Crippen LogP contribution >= 0.6 is 15.9 Å². The molecule has 0 unspecified atom stereocenters. The average Bonchev–Trinajstić information content (AvgIpc) is 2.47. The molecule has 1 rings (SSSR count). The highest BCUT2D eigenvalue weighted by atomic mass is 79.9. The zero-order valence-corrected chi connectivity index (χ0v) is 8.54. The predicted molar refractivity (Wildman–Crippen MR) is 50.1 cm³/mol. The Morgan fingerprint density at radius 2 is 2.54 bits per heavy atom. The smallest absolute Gasteiger partial charge is 0.339 e. The van der Waals surface area contributed by atoms with Crippen molar-refractivity contribution < 1.29 is 9.53 Å². The maximum absolute atomic E-state index is 11.0. The second-order valence-electron chi connectivity index (χ2n) is 2.31. The van der Waals surface area contributed by atoms with Crippen LogP contribution in [0.2, 0.25) is 0 Å². The molecule has 13 heavy (non-hydrogen) atoms. The summed E-state index contributed by atoms with van der Waals surface area (Å²) < 4.78 is 6.85. The van der Waals surface area contributed by atoms with E-state index in [4.69, 9.17) is 6.57 Å². The van der Waals surface area contributed by atoms with Crippen molar-refractivity contribution in [2.24, 2.45) is 0 Å². The van der Waals surface area contributed by atoms with E-state index in [1.54, 1.807) is 16.8 Å². The SMILES string of the molecule is [C-]#[N+]Cn1cc(C(=O)OC)cc1Br. The summed E-state index contributed by atoms with van der Waals surface area (Å²) in [5.41, 5.74) is 0.443. The fraction of sp³-hybridized carbons (Fsp3) is 0.250. The number of ether oxygens (including phenoxy) is 1. The summed E-state index contributed by atoms with van der Waals surface area (Å²) in [4.78, 5) is 14.2. The van der Waals surface area contributed by atoms with Crippen molar-refractivity contribution in [1.29, 1.82) is 0 Å². The number of aromatic nitrogens is 1. The van der Waals surface area contributed by atoms with Crippen molar-refractivity contribution in [2.75, 3.05) is 7.11 Å². The minimum Gasteiger partial charge on any atom is -0.465 e. The van der Waals surface area contributed by atoms with Crippen molar-refractivity contribution in [2.45, 2.75) is 6.67 Å². The van der Waals surface area contributed by atoms with Crippen molar-refractivity contribution in [3.05, 3.63) is 33.8 Å². The number of methoxy groups -OCH3 is 1. The number of hydrogen-bond donors (Lipinski definition) is 0. The van der Waals surface area contributed by atoms with Gasteiger partial charge in [0.2, 0.25) is 0 Å². The van der Waals surface area contributed by atoms with E-state index in [1.165, 1.54) is 7.11 Å². The molecule has 1 aromatic heterocycles. The summed E-state index contributed by atoms with van der Waals surface area (Å²) in [5.74, 6) is -0.399. The highest BCUT2D eigenvalue weighted by Crippen LogP contribution is 2.15. The molecule has 0 aliphatic carbocycles. The molecule has 0 saturated carbocycles. The van der Waals surface area contributed by atoms with Crippen LogP contribution in [0.4, 0.5) is 0 Å². The van der Waals surface area contributed by atoms with E-state index in [-0.39, 0.29) is 6.67 Å². The van der Waals surface area contributed by atoms with Crippen LogP contribution in [0.3, 0.4) is 0 Å². The molecule has 0 atom stereocenters. The molecule has 0 radical (unpaired) electrons. The van der Waals surface area contributed by atoms with Crippen LogP contribution in [0.25, 0.3) is 4.85 Å². The van der Waals surface area contributed by atoms with Gasteiger partial charge >= 0.3 is 5.97 Å². The molecule has 0 amide bonds. The first-order chi connectivity index (χ1) is 6.19. The summed E-state index contributed by atoms with van der Waals surface area (Å²) in [6, 6.07) is 1.62. The number of halogens is 1. The third-order valence-corrected chi connectivity index (χ3v) is 2.17. The predicted octanol–water partition coefficient (Wildman–Crippen LogP) is 1.91. The molecule has 0 aromatic carbocycles. The Kier molecular flexibility index (Phi) is 3.09. The van der Waals surface area contributed by atoms with Gasteiger partial charge in [0.25, 0.3) is 6.67 Å². The Labute approximate surface area is 84.1 Å². The normalized spacial score (nSPS) is 9.31. The minimum atomic E-state index is -0.399. The van der Waals surface area contributed by atoms with E-state index in [1.807, 2.05) is 0 Å². The fourth-order valence-electron chi connectivity index (χ4n) is 0.892. The van der Waals surface area contributed by atoms with Gasteiger partial charge in [0.15, 0.2) is 0 Å². The van der Waals surface area contributed by atoms with Gasteiger partial charge in [-0.1, -0.05) is 0 Å². The van der Waals surface area contributed by atoms with Gasteiger partial charge < -0.3 is 4.74 Å². The Morgan fingerprint density at radius 1 is 1.85 bits per heavy atom. The number of esters is 1. The molecule has 1 heterocycles. The summed E-state index contributed by atoms with van der Waals surface area (Å²) in [6.45, 7) is 6.86. The van der Waals surface area contributed by atoms with Crippen LogP contribution in [0, 0.1) is 6.57 Å². The van der Waals surface area contributed by atoms with E-state index in [0.717, 1.165) is 0 Å². The Hall–Kier alpha value is -1.28. The van der Waals surface area contributed by atoms with E-state index in [0.29, 0.717) is 10.2 Å². The van der Waals surface area contributed by atoms with Gasteiger partial charge in [0.1, 0.15) is 0 Å². The lowest BCUT2D eigenvalue weighted by Gasteiger charge is -1.92. The molecule has 5 heteroatoms. The van der Waals surface area contributed by atoms with E-state index >= 15 is 0 Å². The molecule has 0 bridgehead atoms. The highest BCUT2D eigenvalue weighted by Gasteiger charge is 2.11. The van der Waals surface area contributed by atoms with Gasteiger partial charge in [-0.05, 0) is 22.0 Å². The molecule has 0 fully saturated rings. The van der Waals surface area contributed by atoms with E-state index in [2.05, 4.69) is 25.5 Å². The Morgan fingerprint density at radius 3 is 3.08 bits per heavy atom. The fourth-order valence-corrected chi connectivity index (χ4v) is 1.35. The molecular formula is C8H7BrN2O2. The van der Waals surface area contributed by atoms with Crippen LogP contribution in [0.1, 0.15) is 10.4 Å². The minimum absolute atomic E-state index is 0.192. The van der Waals surface area contributed by atoms with E-state index in [9.17, 15) is 4.79 Å². The maximum Gasteiger partial charge on any atom is 0.339 e. The maximum atomic E-state index is 11.0. The first-order valence-electron chi connectivity index (χ1n) is 3.46. The van der Waals surface area contributed by atoms with Gasteiger partial charge in [-0.15, -0.1) is 0 Å². The van der Waals surface area contributed by atoms with Crippen molar-refractivity contribution in [1.82, 2.24) is 4.57 Å². The second kappa shape index (κ2) is 4.10. The standard InChI is InChI=1S/C8H7BrN2O2/c1-10-5-11-4-6(3-7(11)9)8(12)13-2/h3-4H,5H2,2H3. The molecule has 68 valence electrons. The summed E-state index contributed by atoms with van der Waals surface area (Å²) >= 11 is 3.23. The lowest BCUT2D eigenvalue weighted by molar-refractivity contribution is 0.0600. The van der Waals surface area contributed by atoms with Crippen LogP contribution in [0.15, 0.2) is 16.9 Å². The molecule has 0 aliphatic heterocycles. The van der Waals surface area contributed by atoms with Gasteiger partial charge in [0, 0.05) is 6.20 Å². The lowest BCUT2D eigenvalue weighted by Crippen LogP contribution is -1.99. The zero-order valence-electron chi connectivity index (χ0n) is 6.95. The van der Waals surface area contributed by atoms with Gasteiger partial charge in [-0.2, -0.15) is 0 Å². The number of carbonyl (C=O) groups is 1. The number of hydrogen-bond acceptors (Lipinski definition) is 2. The third kappa shape index (κ3) is 2.10. The third-order valence-electron chi connectivity index (χ3n) is 1.49. The van der Waals surface area contributed by atoms with Crippen LogP contribution in [0.5, 0.6) is 0 Å². The summed E-state index contributed by atoms with van der Waals surface area (Å²) in [7, 11) is 1.32. The number of rotatable bonds is 2. The number of carbonyl (C=O) groups excluding carboxylic acids is 1. The first kappa shape index (κ1) is 9.81. The first-order valence-corrected chi connectivity index (χ1v) is 4.25. The topological polar surface area (TPSA) is 35.6 Å². The van der Waals surface area contributed by atoms with Crippen LogP contribution in [-0.4, -0.2) is 17.6 Å². The summed E-state index contributed by atoms with van der Waals surface area (Å²) in [6.07, 6.45) is 1.58. The Balaban J connectivity index is 2.96. The van der Waals surface area contributed by atoms with Gasteiger partial charge in [0.05, 0.1) is 17.3 Å². The number of nitrogens with zero attached hydrogens (tertiary/aromatic N) is 2. The van der Waals surface area contributed by atoms with Gasteiger partial charge in [-0.25, -0.2) is 11.4 Å². The van der Waals surface area contributed by atoms with Crippen LogP contribution in [-0.2, 0) is 11.4 Å². The molecular weight excluding hydrogens is 236 g/mol. The van der Waals surface area contributed by atoms with Gasteiger partial charge in [-0.3, -0.25) is 9.41 Å². The lowest BCUT2D eigenvalue weighted by atomic mass is 10.3. The van der Waals surface area contributed by atoms with Crippen molar-refractivity contribution in [3.8, 4) is 0 Å². The molecule has 0 aliphatic rings. The van der Waals surface area contributed by atoms with Crippen molar-refractivity contribution >= 4 is 21.9 Å². The molecule has 1 aromatic rings. The molecule has 0 saturated heterocycles. The monoisotopic (exact) mass is 242 g/mol. The molecule has 0 spiro atoms. The van der Waals surface area contributed by atoms with E-state index < -0.39 is 5.97 Å². The Bertz CT molecular complexity index is 365. The van der Waals surface area contributed by atoms with Crippen LogP contribution < -0.4 is 0 Å². The molecule has 0 N–H and O–H groups in total. The second-order valence-corrected chi connectivity index (χ2v) is 3.12. The quantitative estimate of drug-likeness (QED) is 0.587. The molecule has 4 nitrogen and oxygen atoms in total. The zero-order chi connectivity index (χ0) is 9.84. The highest BCUT2D eigenvalue weighted by molar-refractivity contribution is 9.10. The van der Waals surface area contributed by atoms with Crippen molar-refractivity contribution in [3.63, 3.8) is 0 Å².